The lowest BCUT2D eigenvalue weighted by Gasteiger charge is -2.32. The Labute approximate surface area is 172 Å². The number of benzene rings is 1. The Bertz CT molecular complexity index is 586. The fraction of sp³-hybridized carbons (Fsp3) is 0.731. The van der Waals surface area contributed by atoms with Gasteiger partial charge in [-0.05, 0) is 93.1 Å². The van der Waals surface area contributed by atoms with Gasteiger partial charge in [0.05, 0.1) is 12.2 Å². The normalized spacial score (nSPS) is 28.0. The number of aryl methyl sites for hydroxylation is 1. The van der Waals surface area contributed by atoms with Crippen LogP contribution in [0.3, 0.4) is 0 Å². The molecule has 2 heteroatoms. The first-order chi connectivity index (χ1) is 13.8. The van der Waals surface area contributed by atoms with Crippen molar-refractivity contribution >= 4 is 0 Å². The summed E-state index contributed by atoms with van der Waals surface area (Å²) in [7, 11) is 0. The summed E-state index contributed by atoms with van der Waals surface area (Å²) >= 11 is 0. The summed E-state index contributed by atoms with van der Waals surface area (Å²) in [4.78, 5) is 0. The van der Waals surface area contributed by atoms with Crippen molar-refractivity contribution in [1.29, 1.82) is 5.26 Å². The molecule has 0 spiro atoms. The summed E-state index contributed by atoms with van der Waals surface area (Å²) in [6, 6.07) is 11.8. The van der Waals surface area contributed by atoms with Gasteiger partial charge in [-0.3, -0.25) is 0 Å². The Morgan fingerprint density at radius 2 is 1.57 bits per heavy atom. The first kappa shape index (κ1) is 21.4. The lowest BCUT2D eigenvalue weighted by molar-refractivity contribution is -0.00737. The lowest BCUT2D eigenvalue weighted by atomic mass is 9.78. The van der Waals surface area contributed by atoms with Crippen LogP contribution in [0.25, 0.3) is 0 Å². The van der Waals surface area contributed by atoms with E-state index in [0.29, 0.717) is 12.0 Å². The van der Waals surface area contributed by atoms with Crippen LogP contribution in [0.15, 0.2) is 24.3 Å². The van der Waals surface area contributed by atoms with E-state index in [1.807, 2.05) is 0 Å². The van der Waals surface area contributed by atoms with Gasteiger partial charge >= 0.3 is 0 Å². The zero-order chi connectivity index (χ0) is 19.6. The van der Waals surface area contributed by atoms with Crippen molar-refractivity contribution in [3.63, 3.8) is 0 Å². The van der Waals surface area contributed by atoms with Crippen LogP contribution in [0.2, 0.25) is 0 Å². The Balaban J connectivity index is 1.34. The molecule has 0 atom stereocenters. The Hall–Kier alpha value is -1.33. The van der Waals surface area contributed by atoms with Crippen LogP contribution in [-0.4, -0.2) is 12.7 Å². The van der Waals surface area contributed by atoms with Gasteiger partial charge in [-0.1, -0.05) is 44.0 Å². The molecule has 2 aliphatic carbocycles. The van der Waals surface area contributed by atoms with E-state index >= 15 is 0 Å². The summed E-state index contributed by atoms with van der Waals surface area (Å²) in [5, 5.41) is 8.84. The average Bonchev–Trinajstić information content (AvgIpc) is 2.75. The van der Waals surface area contributed by atoms with Crippen LogP contribution in [0.1, 0.15) is 101 Å². The molecule has 154 valence electrons. The van der Waals surface area contributed by atoms with E-state index in [0.717, 1.165) is 37.7 Å². The summed E-state index contributed by atoms with van der Waals surface area (Å²) in [6.07, 6.45) is 16.3. The van der Waals surface area contributed by atoms with Gasteiger partial charge < -0.3 is 4.74 Å². The monoisotopic (exact) mass is 381 g/mol. The third-order valence-electron chi connectivity index (χ3n) is 7.11. The largest absolute Gasteiger partial charge is 0.378 e. The van der Waals surface area contributed by atoms with Gasteiger partial charge in [-0.25, -0.2) is 0 Å². The van der Waals surface area contributed by atoms with Gasteiger partial charge in [0.25, 0.3) is 0 Å². The average molecular weight is 382 g/mol. The molecular formula is C26H39NO. The SMILES string of the molecule is CCCCCc1ccc([C@H]2CC[C@H](CO[C@H]3CC[C@H](CC#N)CC3)CC2)cc1. The maximum atomic E-state index is 8.84. The molecule has 0 amide bonds. The second-order valence-electron chi connectivity index (χ2n) is 9.25. The third-order valence-corrected chi connectivity index (χ3v) is 7.11. The van der Waals surface area contributed by atoms with Gasteiger partial charge in [0, 0.05) is 13.0 Å². The summed E-state index contributed by atoms with van der Waals surface area (Å²) in [5.74, 6) is 2.13. The number of rotatable bonds is 9. The molecule has 2 saturated carbocycles. The molecule has 1 aromatic carbocycles. The molecule has 0 unspecified atom stereocenters. The predicted molar refractivity (Wildman–Crippen MR) is 116 cm³/mol. The molecule has 28 heavy (non-hydrogen) atoms. The van der Waals surface area contributed by atoms with Crippen LogP contribution in [0, 0.1) is 23.2 Å². The van der Waals surface area contributed by atoms with E-state index in [4.69, 9.17) is 10.00 Å². The molecule has 0 heterocycles. The number of hydrogen-bond acceptors (Lipinski definition) is 2. The first-order valence-corrected chi connectivity index (χ1v) is 11.9. The molecule has 1 aromatic rings. The molecule has 0 aromatic heterocycles. The van der Waals surface area contributed by atoms with Crippen molar-refractivity contribution in [2.45, 2.75) is 102 Å². The van der Waals surface area contributed by atoms with Crippen LogP contribution in [0.5, 0.6) is 0 Å². The van der Waals surface area contributed by atoms with Crippen molar-refractivity contribution in [2.75, 3.05) is 6.61 Å². The predicted octanol–water partition coefficient (Wildman–Crippen LogP) is 7.18. The minimum Gasteiger partial charge on any atom is -0.378 e. The number of nitrogens with zero attached hydrogens (tertiary/aromatic N) is 1. The molecule has 2 fully saturated rings. The maximum absolute atomic E-state index is 8.84. The zero-order valence-electron chi connectivity index (χ0n) is 17.9. The van der Waals surface area contributed by atoms with E-state index in [2.05, 4.69) is 37.3 Å². The van der Waals surface area contributed by atoms with E-state index in [9.17, 15) is 0 Å². The van der Waals surface area contributed by atoms with Gasteiger partial charge in [0.1, 0.15) is 0 Å². The second-order valence-corrected chi connectivity index (χ2v) is 9.25. The fourth-order valence-electron chi connectivity index (χ4n) is 5.10. The van der Waals surface area contributed by atoms with Gasteiger partial charge in [-0.2, -0.15) is 5.26 Å². The van der Waals surface area contributed by atoms with Crippen molar-refractivity contribution < 1.29 is 4.74 Å². The molecule has 2 aliphatic rings. The summed E-state index contributed by atoms with van der Waals surface area (Å²) < 4.78 is 6.27. The standard InChI is InChI=1S/C26H39NO/c1-2-3-4-5-21-6-12-24(13-7-21)25-14-8-23(9-15-25)20-28-26-16-10-22(11-17-26)18-19-27/h6-7,12-13,22-23,25-26H,2-5,8-11,14-18,20H2,1H3/t22-,23-,25-,26-. The first-order valence-electron chi connectivity index (χ1n) is 11.9. The van der Waals surface area contributed by atoms with Crippen LogP contribution in [0.4, 0.5) is 0 Å². The molecule has 0 radical (unpaired) electrons. The number of ether oxygens (including phenoxy) is 1. The van der Waals surface area contributed by atoms with Gasteiger partial charge in [0.2, 0.25) is 0 Å². The van der Waals surface area contributed by atoms with Crippen LogP contribution >= 0.6 is 0 Å². The lowest BCUT2D eigenvalue weighted by Crippen LogP contribution is -2.25. The molecule has 0 saturated heterocycles. The van der Waals surface area contributed by atoms with E-state index in [1.54, 1.807) is 5.56 Å². The second kappa shape index (κ2) is 11.6. The third kappa shape index (κ3) is 6.63. The number of nitriles is 1. The Morgan fingerprint density at radius 3 is 2.21 bits per heavy atom. The molecule has 0 bridgehead atoms. The summed E-state index contributed by atoms with van der Waals surface area (Å²) in [6.45, 7) is 3.22. The number of hydrogen-bond donors (Lipinski definition) is 0. The quantitative estimate of drug-likeness (QED) is 0.424. The smallest absolute Gasteiger partial charge is 0.0624 e. The Morgan fingerprint density at radius 1 is 0.893 bits per heavy atom. The number of unbranched alkanes of at least 4 members (excludes halogenated alkanes) is 2. The Kier molecular flexibility index (Phi) is 8.87. The molecule has 2 nitrogen and oxygen atoms in total. The van der Waals surface area contributed by atoms with Crippen molar-refractivity contribution in [1.82, 2.24) is 0 Å². The van der Waals surface area contributed by atoms with E-state index in [-0.39, 0.29) is 0 Å². The summed E-state index contributed by atoms with van der Waals surface area (Å²) in [5.41, 5.74) is 3.05. The molecule has 0 aliphatic heterocycles. The van der Waals surface area contributed by atoms with Gasteiger partial charge in [-0.15, -0.1) is 0 Å². The van der Waals surface area contributed by atoms with Crippen molar-refractivity contribution in [2.24, 2.45) is 11.8 Å². The fourth-order valence-corrected chi connectivity index (χ4v) is 5.10. The topological polar surface area (TPSA) is 33.0 Å². The minimum absolute atomic E-state index is 0.452. The van der Waals surface area contributed by atoms with Gasteiger partial charge in [0.15, 0.2) is 0 Å². The van der Waals surface area contributed by atoms with Crippen molar-refractivity contribution in [3.8, 4) is 6.07 Å². The van der Waals surface area contributed by atoms with E-state index in [1.165, 1.54) is 69.8 Å². The molecule has 3 rings (SSSR count). The highest BCUT2D eigenvalue weighted by Gasteiger charge is 2.25. The highest BCUT2D eigenvalue weighted by atomic mass is 16.5. The van der Waals surface area contributed by atoms with Crippen LogP contribution in [-0.2, 0) is 11.2 Å². The highest BCUT2D eigenvalue weighted by Crippen LogP contribution is 2.37. The maximum Gasteiger partial charge on any atom is 0.0624 e. The highest BCUT2D eigenvalue weighted by molar-refractivity contribution is 5.26. The minimum atomic E-state index is 0.452. The van der Waals surface area contributed by atoms with Crippen molar-refractivity contribution in [3.05, 3.63) is 35.4 Å². The van der Waals surface area contributed by atoms with Crippen LogP contribution < -0.4 is 0 Å². The van der Waals surface area contributed by atoms with E-state index < -0.39 is 0 Å². The molecular weight excluding hydrogens is 342 g/mol. The zero-order valence-corrected chi connectivity index (χ0v) is 17.9. The molecule has 0 N–H and O–H groups in total.